The largest absolute Gasteiger partial charge is 0.358 e. The molecule has 0 aliphatic heterocycles. The van der Waals surface area contributed by atoms with Crippen molar-refractivity contribution in [3.05, 3.63) is 0 Å². The van der Waals surface area contributed by atoms with Gasteiger partial charge < -0.3 is 4.90 Å². The molecule has 1 saturated carbocycles. The van der Waals surface area contributed by atoms with Crippen molar-refractivity contribution >= 4 is 5.84 Å². The van der Waals surface area contributed by atoms with Crippen LogP contribution < -0.4 is 0 Å². The van der Waals surface area contributed by atoms with E-state index in [1.54, 1.807) is 0 Å². The van der Waals surface area contributed by atoms with Crippen LogP contribution in [0.3, 0.4) is 0 Å². The fourth-order valence-corrected chi connectivity index (χ4v) is 1.44. The molecule has 0 radical (unpaired) electrons. The highest BCUT2D eigenvalue weighted by Crippen LogP contribution is 2.27. The van der Waals surface area contributed by atoms with Gasteiger partial charge in [-0.3, -0.25) is 5.41 Å². The van der Waals surface area contributed by atoms with Crippen molar-refractivity contribution in [1.82, 2.24) is 4.90 Å². The third kappa shape index (κ3) is 2.21. The number of amidine groups is 1. The Bertz CT molecular complexity index is 138. The third-order valence-corrected chi connectivity index (χ3v) is 2.16. The smallest absolute Gasteiger partial charge is 0.0959 e. The van der Waals surface area contributed by atoms with Crippen molar-refractivity contribution in [2.45, 2.75) is 45.6 Å². The molecular weight excluding hydrogens is 136 g/mol. The standard InChI is InChI=1S/C9H18N2/c1-3-5-9(10)11(4-2)8-6-7-8/h8,10H,3-7H2,1-2H3. The normalized spacial score (nSPS) is 16.5. The molecule has 0 saturated heterocycles. The molecule has 0 heterocycles. The molecule has 0 aromatic carbocycles. The van der Waals surface area contributed by atoms with E-state index in [9.17, 15) is 0 Å². The van der Waals surface area contributed by atoms with Crippen molar-refractivity contribution in [2.75, 3.05) is 6.54 Å². The van der Waals surface area contributed by atoms with E-state index in [0.717, 1.165) is 31.3 Å². The molecule has 0 aromatic rings. The molecule has 0 bridgehead atoms. The number of nitrogens with one attached hydrogen (secondary N) is 1. The number of hydrogen-bond donors (Lipinski definition) is 1. The van der Waals surface area contributed by atoms with E-state index in [1.165, 1.54) is 12.8 Å². The first-order valence-corrected chi connectivity index (χ1v) is 4.63. The highest BCUT2D eigenvalue weighted by Gasteiger charge is 2.28. The zero-order valence-corrected chi connectivity index (χ0v) is 7.56. The van der Waals surface area contributed by atoms with E-state index >= 15 is 0 Å². The summed E-state index contributed by atoms with van der Waals surface area (Å²) in [6.45, 7) is 5.29. The minimum Gasteiger partial charge on any atom is -0.358 e. The minimum atomic E-state index is 0.721. The van der Waals surface area contributed by atoms with Crippen LogP contribution in [0, 0.1) is 5.41 Å². The topological polar surface area (TPSA) is 27.1 Å². The van der Waals surface area contributed by atoms with E-state index in [0.29, 0.717) is 0 Å². The first-order chi connectivity index (χ1) is 5.29. The monoisotopic (exact) mass is 154 g/mol. The van der Waals surface area contributed by atoms with Gasteiger partial charge in [0.15, 0.2) is 0 Å². The summed E-state index contributed by atoms with van der Waals surface area (Å²) in [5.74, 6) is 0.845. The zero-order valence-electron chi connectivity index (χ0n) is 7.56. The van der Waals surface area contributed by atoms with Crippen LogP contribution in [0.5, 0.6) is 0 Å². The summed E-state index contributed by atoms with van der Waals surface area (Å²) in [6.07, 6.45) is 4.66. The second-order valence-corrected chi connectivity index (χ2v) is 3.21. The molecule has 0 spiro atoms. The molecule has 1 N–H and O–H groups in total. The van der Waals surface area contributed by atoms with Gasteiger partial charge in [-0.15, -0.1) is 0 Å². The van der Waals surface area contributed by atoms with Crippen molar-refractivity contribution in [3.63, 3.8) is 0 Å². The van der Waals surface area contributed by atoms with Crippen LogP contribution in [0.4, 0.5) is 0 Å². The summed E-state index contributed by atoms with van der Waals surface area (Å²) in [5, 5.41) is 7.74. The SMILES string of the molecule is CCCC(=N)N(CC)C1CC1. The molecule has 2 heteroatoms. The zero-order chi connectivity index (χ0) is 8.27. The quantitative estimate of drug-likeness (QED) is 0.488. The average Bonchev–Trinajstić information content (AvgIpc) is 2.73. The van der Waals surface area contributed by atoms with Crippen molar-refractivity contribution < 1.29 is 0 Å². The summed E-state index contributed by atoms with van der Waals surface area (Å²) in [6, 6.07) is 0.721. The lowest BCUT2D eigenvalue weighted by Gasteiger charge is -2.22. The van der Waals surface area contributed by atoms with Crippen LogP contribution in [-0.4, -0.2) is 23.3 Å². The van der Waals surface area contributed by atoms with Gasteiger partial charge in [0.25, 0.3) is 0 Å². The Balaban J connectivity index is 2.33. The maximum atomic E-state index is 7.74. The van der Waals surface area contributed by atoms with Crippen LogP contribution in [-0.2, 0) is 0 Å². The molecule has 0 unspecified atom stereocenters. The van der Waals surface area contributed by atoms with Gasteiger partial charge >= 0.3 is 0 Å². The highest BCUT2D eigenvalue weighted by molar-refractivity contribution is 5.79. The predicted molar refractivity (Wildman–Crippen MR) is 48.0 cm³/mol. The first kappa shape index (κ1) is 8.57. The number of nitrogens with zero attached hydrogens (tertiary/aromatic N) is 1. The molecule has 2 nitrogen and oxygen atoms in total. The van der Waals surface area contributed by atoms with Crippen molar-refractivity contribution in [2.24, 2.45) is 0 Å². The maximum Gasteiger partial charge on any atom is 0.0959 e. The van der Waals surface area contributed by atoms with Crippen LogP contribution in [0.25, 0.3) is 0 Å². The van der Waals surface area contributed by atoms with Crippen LogP contribution >= 0.6 is 0 Å². The summed E-state index contributed by atoms with van der Waals surface area (Å²) < 4.78 is 0. The third-order valence-electron chi connectivity index (χ3n) is 2.16. The fraction of sp³-hybridized carbons (Fsp3) is 0.889. The van der Waals surface area contributed by atoms with Gasteiger partial charge in [0.05, 0.1) is 5.84 Å². The highest BCUT2D eigenvalue weighted by atomic mass is 15.2. The Morgan fingerprint density at radius 1 is 1.45 bits per heavy atom. The maximum absolute atomic E-state index is 7.74. The fourth-order valence-electron chi connectivity index (χ4n) is 1.44. The van der Waals surface area contributed by atoms with Gasteiger partial charge in [-0.05, 0) is 26.2 Å². The molecule has 64 valence electrons. The van der Waals surface area contributed by atoms with Crippen molar-refractivity contribution in [1.29, 1.82) is 5.41 Å². The van der Waals surface area contributed by atoms with Gasteiger partial charge in [-0.1, -0.05) is 6.92 Å². The molecule has 1 aliphatic carbocycles. The lowest BCUT2D eigenvalue weighted by atomic mass is 10.3. The molecule has 0 amide bonds. The van der Waals surface area contributed by atoms with E-state index in [2.05, 4.69) is 18.7 Å². The van der Waals surface area contributed by atoms with Gasteiger partial charge in [0, 0.05) is 19.0 Å². The van der Waals surface area contributed by atoms with Gasteiger partial charge in [-0.25, -0.2) is 0 Å². The molecule has 1 rings (SSSR count). The van der Waals surface area contributed by atoms with Crippen LogP contribution in [0.2, 0.25) is 0 Å². The van der Waals surface area contributed by atoms with Gasteiger partial charge in [0.2, 0.25) is 0 Å². The molecular formula is C9H18N2. The Hall–Kier alpha value is -0.530. The molecule has 1 fully saturated rings. The molecule has 0 atom stereocenters. The summed E-state index contributed by atoms with van der Waals surface area (Å²) in [7, 11) is 0. The number of rotatable bonds is 4. The van der Waals surface area contributed by atoms with Gasteiger partial charge in [0.1, 0.15) is 0 Å². The van der Waals surface area contributed by atoms with Gasteiger partial charge in [-0.2, -0.15) is 0 Å². The summed E-state index contributed by atoms with van der Waals surface area (Å²) in [5.41, 5.74) is 0. The van der Waals surface area contributed by atoms with E-state index in [4.69, 9.17) is 5.41 Å². The summed E-state index contributed by atoms with van der Waals surface area (Å²) in [4.78, 5) is 2.24. The summed E-state index contributed by atoms with van der Waals surface area (Å²) >= 11 is 0. The Kier molecular flexibility index (Phi) is 2.92. The Morgan fingerprint density at radius 2 is 2.09 bits per heavy atom. The Morgan fingerprint density at radius 3 is 2.45 bits per heavy atom. The number of hydrogen-bond acceptors (Lipinski definition) is 1. The van der Waals surface area contributed by atoms with Crippen LogP contribution in [0.15, 0.2) is 0 Å². The second-order valence-electron chi connectivity index (χ2n) is 3.21. The molecule has 1 aliphatic rings. The predicted octanol–water partition coefficient (Wildman–Crippen LogP) is 2.25. The average molecular weight is 154 g/mol. The second kappa shape index (κ2) is 3.74. The van der Waals surface area contributed by atoms with E-state index in [-0.39, 0.29) is 0 Å². The first-order valence-electron chi connectivity index (χ1n) is 4.63. The molecule has 0 aromatic heterocycles. The van der Waals surface area contributed by atoms with Crippen molar-refractivity contribution in [3.8, 4) is 0 Å². The van der Waals surface area contributed by atoms with E-state index in [1.807, 2.05) is 0 Å². The minimum absolute atomic E-state index is 0.721. The Labute approximate surface area is 69.1 Å². The lowest BCUT2D eigenvalue weighted by molar-refractivity contribution is 0.418. The lowest BCUT2D eigenvalue weighted by Crippen LogP contribution is -2.31. The van der Waals surface area contributed by atoms with E-state index < -0.39 is 0 Å². The molecule has 11 heavy (non-hydrogen) atoms. The van der Waals surface area contributed by atoms with Crippen LogP contribution in [0.1, 0.15) is 39.5 Å².